The summed E-state index contributed by atoms with van der Waals surface area (Å²) in [6.45, 7) is 10.9. The maximum Gasteiger partial charge on any atom is -0.0328 e. The van der Waals surface area contributed by atoms with Gasteiger partial charge in [0.1, 0.15) is 0 Å². The first-order valence-corrected chi connectivity index (χ1v) is 11.8. The lowest BCUT2D eigenvalue weighted by atomic mass is 9.96. The predicted octanol–water partition coefficient (Wildman–Crippen LogP) is 9.49. The molecule has 0 saturated carbocycles. The van der Waals surface area contributed by atoms with Crippen LogP contribution in [0, 0.1) is 11.8 Å². The van der Waals surface area contributed by atoms with Crippen molar-refractivity contribution in [1.29, 1.82) is 0 Å². The van der Waals surface area contributed by atoms with Crippen molar-refractivity contribution in [3.63, 3.8) is 0 Å². The van der Waals surface area contributed by atoms with E-state index in [4.69, 9.17) is 0 Å². The zero-order valence-corrected chi connectivity index (χ0v) is 18.2. The normalized spacial score (nSPS) is 13.7. The lowest BCUT2D eigenvalue weighted by Crippen LogP contribution is -1.94. The van der Waals surface area contributed by atoms with Crippen molar-refractivity contribution in [2.24, 2.45) is 11.8 Å². The number of hydrogen-bond acceptors (Lipinski definition) is 0. The van der Waals surface area contributed by atoms with Gasteiger partial charge in [-0.3, -0.25) is 0 Å². The van der Waals surface area contributed by atoms with Crippen LogP contribution in [0.15, 0.2) is 12.7 Å². The van der Waals surface area contributed by atoms with Gasteiger partial charge in [0.05, 0.1) is 0 Å². The molecule has 0 fully saturated rings. The van der Waals surface area contributed by atoms with Gasteiger partial charge in [0.25, 0.3) is 0 Å². The van der Waals surface area contributed by atoms with Crippen LogP contribution in [-0.2, 0) is 0 Å². The maximum absolute atomic E-state index is 3.83. The second-order valence-corrected chi connectivity index (χ2v) is 8.70. The van der Waals surface area contributed by atoms with E-state index in [9.17, 15) is 0 Å². The van der Waals surface area contributed by atoms with Gasteiger partial charge < -0.3 is 0 Å². The molecular formula is C25H50. The third-order valence-electron chi connectivity index (χ3n) is 5.76. The van der Waals surface area contributed by atoms with Gasteiger partial charge in [-0.05, 0) is 18.3 Å². The van der Waals surface area contributed by atoms with Crippen LogP contribution >= 0.6 is 0 Å². The number of allylic oxidation sites excluding steroid dienone is 1. The lowest BCUT2D eigenvalue weighted by Gasteiger charge is -2.10. The molecule has 2 unspecified atom stereocenters. The van der Waals surface area contributed by atoms with Crippen LogP contribution in [-0.4, -0.2) is 0 Å². The highest BCUT2D eigenvalue weighted by Crippen LogP contribution is 2.18. The predicted molar refractivity (Wildman–Crippen MR) is 117 cm³/mol. The fraction of sp³-hybridized carbons (Fsp3) is 0.920. The monoisotopic (exact) mass is 350 g/mol. The van der Waals surface area contributed by atoms with E-state index in [1.807, 2.05) is 0 Å². The SMILES string of the molecule is C=CCC(C)CCCCCCCCCCCCCC(C)CCCCC. The smallest absolute Gasteiger partial charge is 0.0328 e. The van der Waals surface area contributed by atoms with Gasteiger partial charge in [-0.1, -0.05) is 136 Å². The summed E-state index contributed by atoms with van der Waals surface area (Å²) in [6.07, 6.45) is 27.9. The van der Waals surface area contributed by atoms with Crippen molar-refractivity contribution in [1.82, 2.24) is 0 Å². The molecule has 0 rings (SSSR count). The summed E-state index contributed by atoms with van der Waals surface area (Å²) < 4.78 is 0. The van der Waals surface area contributed by atoms with E-state index in [-0.39, 0.29) is 0 Å². The average Bonchev–Trinajstić information content (AvgIpc) is 2.59. The molecule has 0 radical (unpaired) electrons. The summed E-state index contributed by atoms with van der Waals surface area (Å²) in [6, 6.07) is 0. The van der Waals surface area contributed by atoms with Crippen LogP contribution in [0.25, 0.3) is 0 Å². The molecule has 0 heterocycles. The Morgan fingerprint density at radius 1 is 0.560 bits per heavy atom. The Hall–Kier alpha value is -0.260. The quantitative estimate of drug-likeness (QED) is 0.151. The van der Waals surface area contributed by atoms with Crippen molar-refractivity contribution in [2.45, 2.75) is 136 Å². The second kappa shape index (κ2) is 20.1. The number of hydrogen-bond donors (Lipinski definition) is 0. The molecule has 0 saturated heterocycles. The van der Waals surface area contributed by atoms with Crippen molar-refractivity contribution in [3.8, 4) is 0 Å². The zero-order valence-electron chi connectivity index (χ0n) is 18.2. The van der Waals surface area contributed by atoms with Crippen LogP contribution in [0.5, 0.6) is 0 Å². The Bertz CT molecular complexity index is 255. The van der Waals surface area contributed by atoms with Gasteiger partial charge in [0.2, 0.25) is 0 Å². The summed E-state index contributed by atoms with van der Waals surface area (Å²) >= 11 is 0. The summed E-state index contributed by atoms with van der Waals surface area (Å²) in [5.74, 6) is 1.81. The number of rotatable bonds is 20. The van der Waals surface area contributed by atoms with Gasteiger partial charge in [-0.15, -0.1) is 6.58 Å². The molecule has 0 aliphatic heterocycles. The zero-order chi connectivity index (χ0) is 18.6. The molecule has 150 valence electrons. The molecule has 0 aromatic rings. The molecule has 0 amide bonds. The first-order valence-electron chi connectivity index (χ1n) is 11.8. The Labute approximate surface area is 161 Å². The fourth-order valence-corrected chi connectivity index (χ4v) is 3.87. The van der Waals surface area contributed by atoms with E-state index in [1.165, 1.54) is 116 Å². The minimum Gasteiger partial charge on any atom is -0.103 e. The van der Waals surface area contributed by atoms with Gasteiger partial charge >= 0.3 is 0 Å². The average molecular weight is 351 g/mol. The number of unbranched alkanes of at least 4 members (excludes halogenated alkanes) is 12. The largest absolute Gasteiger partial charge is 0.103 e. The van der Waals surface area contributed by atoms with Crippen molar-refractivity contribution < 1.29 is 0 Å². The standard InChI is InChI=1S/C25H50/c1-5-7-17-21-25(4)23-19-16-14-12-10-8-9-11-13-15-18-22-24(3)20-6-2/h6,24-25H,2,5,7-23H2,1,3-4H3. The van der Waals surface area contributed by atoms with Gasteiger partial charge in [0, 0.05) is 0 Å². The minimum absolute atomic E-state index is 0.844. The Morgan fingerprint density at radius 3 is 1.32 bits per heavy atom. The van der Waals surface area contributed by atoms with Crippen LogP contribution in [0.4, 0.5) is 0 Å². The maximum atomic E-state index is 3.83. The van der Waals surface area contributed by atoms with E-state index in [0.717, 1.165) is 11.8 Å². The van der Waals surface area contributed by atoms with Crippen LogP contribution in [0.3, 0.4) is 0 Å². The molecule has 0 aliphatic rings. The summed E-state index contributed by atoms with van der Waals surface area (Å²) in [5, 5.41) is 0. The van der Waals surface area contributed by atoms with Crippen molar-refractivity contribution >= 4 is 0 Å². The Morgan fingerprint density at radius 2 is 0.920 bits per heavy atom. The van der Waals surface area contributed by atoms with Gasteiger partial charge in [-0.25, -0.2) is 0 Å². The Balaban J connectivity index is 3.13. The fourth-order valence-electron chi connectivity index (χ4n) is 3.87. The minimum atomic E-state index is 0.844. The van der Waals surface area contributed by atoms with E-state index >= 15 is 0 Å². The molecule has 0 N–H and O–H groups in total. The molecular weight excluding hydrogens is 300 g/mol. The van der Waals surface area contributed by atoms with E-state index in [0.29, 0.717) is 0 Å². The lowest BCUT2D eigenvalue weighted by molar-refractivity contribution is 0.435. The topological polar surface area (TPSA) is 0 Å². The molecule has 0 bridgehead atoms. The van der Waals surface area contributed by atoms with Gasteiger partial charge in [-0.2, -0.15) is 0 Å². The van der Waals surface area contributed by atoms with Crippen LogP contribution < -0.4 is 0 Å². The van der Waals surface area contributed by atoms with Crippen molar-refractivity contribution in [3.05, 3.63) is 12.7 Å². The third-order valence-corrected chi connectivity index (χ3v) is 5.76. The molecule has 0 aromatic heterocycles. The van der Waals surface area contributed by atoms with E-state index in [2.05, 4.69) is 33.4 Å². The highest BCUT2D eigenvalue weighted by molar-refractivity contribution is 4.70. The molecule has 0 heteroatoms. The highest BCUT2D eigenvalue weighted by atomic mass is 14.1. The summed E-state index contributed by atoms with van der Waals surface area (Å²) in [4.78, 5) is 0. The van der Waals surface area contributed by atoms with Crippen LogP contribution in [0.1, 0.15) is 136 Å². The Kier molecular flexibility index (Phi) is 19.8. The van der Waals surface area contributed by atoms with Gasteiger partial charge in [0.15, 0.2) is 0 Å². The van der Waals surface area contributed by atoms with Crippen LogP contribution in [0.2, 0.25) is 0 Å². The molecule has 2 atom stereocenters. The summed E-state index contributed by atoms with van der Waals surface area (Å²) in [5.41, 5.74) is 0. The van der Waals surface area contributed by atoms with E-state index < -0.39 is 0 Å². The first-order chi connectivity index (χ1) is 12.2. The second-order valence-electron chi connectivity index (χ2n) is 8.70. The molecule has 25 heavy (non-hydrogen) atoms. The van der Waals surface area contributed by atoms with E-state index in [1.54, 1.807) is 0 Å². The molecule has 0 aliphatic carbocycles. The first kappa shape index (κ1) is 24.7. The third kappa shape index (κ3) is 19.9. The molecule has 0 nitrogen and oxygen atoms in total. The molecule has 0 spiro atoms. The highest BCUT2D eigenvalue weighted by Gasteiger charge is 2.02. The summed E-state index contributed by atoms with van der Waals surface area (Å²) in [7, 11) is 0. The molecule has 0 aromatic carbocycles. The van der Waals surface area contributed by atoms with Crippen molar-refractivity contribution in [2.75, 3.05) is 0 Å².